The standard InChI is InChI=1S/C15H20N4O4/c16-19-15(22)14(21)18-8-4-7-12(18)23-13(20)10-17(19)9-11-5-2-1-3-6-11/h1-3,5-6,12,14,21H,4,7-10,16H2. The normalized spacial score (nSPS) is 27.1. The topological polar surface area (TPSA) is 99.3 Å². The number of carbonyl (C=O) groups excluding carboxylic acids is 2. The third-order valence-corrected chi connectivity index (χ3v) is 4.09. The van der Waals surface area contributed by atoms with E-state index in [0.717, 1.165) is 17.1 Å². The van der Waals surface area contributed by atoms with Crippen LogP contribution in [0.25, 0.3) is 0 Å². The molecule has 0 bridgehead atoms. The Kier molecular flexibility index (Phi) is 4.58. The largest absolute Gasteiger partial charge is 0.445 e. The minimum Gasteiger partial charge on any atom is -0.445 e. The molecule has 124 valence electrons. The minimum atomic E-state index is -1.42. The number of amides is 1. The fourth-order valence-corrected chi connectivity index (χ4v) is 2.90. The Morgan fingerprint density at radius 2 is 2.00 bits per heavy atom. The number of nitrogens with two attached hydrogens (primary N) is 1. The molecule has 0 aliphatic carbocycles. The van der Waals surface area contributed by atoms with Crippen molar-refractivity contribution in [3.63, 3.8) is 0 Å². The number of benzene rings is 1. The molecule has 0 aromatic heterocycles. The van der Waals surface area contributed by atoms with Gasteiger partial charge in [-0.3, -0.25) is 9.59 Å². The Balaban J connectivity index is 1.83. The van der Waals surface area contributed by atoms with E-state index in [-0.39, 0.29) is 13.1 Å². The highest BCUT2D eigenvalue weighted by molar-refractivity contribution is 5.80. The SMILES string of the molecule is NN1C(=O)C(O)N2CCCC2OC(=O)CN1Cc1ccccc1. The van der Waals surface area contributed by atoms with E-state index >= 15 is 0 Å². The molecule has 2 aliphatic rings. The maximum atomic E-state index is 12.4. The molecule has 0 saturated carbocycles. The number of aliphatic hydroxyl groups is 1. The molecular formula is C15H20N4O4. The number of aliphatic hydroxyl groups excluding tert-OH is 1. The van der Waals surface area contributed by atoms with Gasteiger partial charge in [-0.1, -0.05) is 30.3 Å². The van der Waals surface area contributed by atoms with Crippen LogP contribution < -0.4 is 5.84 Å². The van der Waals surface area contributed by atoms with Gasteiger partial charge in [0.25, 0.3) is 5.91 Å². The smallest absolute Gasteiger partial charge is 0.323 e. The van der Waals surface area contributed by atoms with E-state index in [1.54, 1.807) is 0 Å². The molecule has 8 heteroatoms. The van der Waals surface area contributed by atoms with Gasteiger partial charge in [0.15, 0.2) is 12.5 Å². The van der Waals surface area contributed by atoms with Crippen molar-refractivity contribution < 1.29 is 19.4 Å². The van der Waals surface area contributed by atoms with E-state index in [9.17, 15) is 14.7 Å². The maximum Gasteiger partial charge on any atom is 0.323 e. The summed E-state index contributed by atoms with van der Waals surface area (Å²) in [5.41, 5.74) is 0.887. The molecule has 2 fully saturated rings. The molecule has 0 spiro atoms. The summed E-state index contributed by atoms with van der Waals surface area (Å²) in [5.74, 6) is 4.71. The number of hydrazine groups is 2. The summed E-state index contributed by atoms with van der Waals surface area (Å²) in [5, 5.41) is 12.4. The number of fused-ring (bicyclic) bond motifs is 1. The van der Waals surface area contributed by atoms with E-state index in [2.05, 4.69) is 0 Å². The molecule has 1 aromatic carbocycles. The number of rotatable bonds is 2. The highest BCUT2D eigenvalue weighted by Crippen LogP contribution is 2.23. The van der Waals surface area contributed by atoms with Crippen LogP contribution in [0.4, 0.5) is 0 Å². The van der Waals surface area contributed by atoms with E-state index in [1.165, 1.54) is 9.91 Å². The Morgan fingerprint density at radius 3 is 2.74 bits per heavy atom. The second-order valence-corrected chi connectivity index (χ2v) is 5.69. The highest BCUT2D eigenvalue weighted by Gasteiger charge is 2.40. The van der Waals surface area contributed by atoms with Gasteiger partial charge < -0.3 is 9.84 Å². The van der Waals surface area contributed by atoms with Crippen LogP contribution in [0, 0.1) is 0 Å². The van der Waals surface area contributed by atoms with Crippen LogP contribution in [0.1, 0.15) is 18.4 Å². The number of hydrogen-bond donors (Lipinski definition) is 2. The average Bonchev–Trinajstić information content (AvgIpc) is 3.00. The predicted octanol–water partition coefficient (Wildman–Crippen LogP) is -0.597. The molecule has 2 heterocycles. The van der Waals surface area contributed by atoms with E-state index < -0.39 is 24.3 Å². The van der Waals surface area contributed by atoms with Crippen LogP contribution >= 0.6 is 0 Å². The monoisotopic (exact) mass is 320 g/mol. The number of hydrogen-bond acceptors (Lipinski definition) is 7. The average molecular weight is 320 g/mol. The van der Waals surface area contributed by atoms with Crippen LogP contribution in [0.5, 0.6) is 0 Å². The molecule has 0 radical (unpaired) electrons. The van der Waals surface area contributed by atoms with Gasteiger partial charge in [-0.25, -0.2) is 15.9 Å². The van der Waals surface area contributed by atoms with Crippen molar-refractivity contribution in [2.24, 2.45) is 5.84 Å². The van der Waals surface area contributed by atoms with Gasteiger partial charge in [-0.15, -0.1) is 0 Å². The van der Waals surface area contributed by atoms with E-state index in [0.29, 0.717) is 13.0 Å². The van der Waals surface area contributed by atoms with Gasteiger partial charge in [-0.05, 0) is 18.4 Å². The number of esters is 1. The maximum absolute atomic E-state index is 12.4. The summed E-state index contributed by atoms with van der Waals surface area (Å²) in [4.78, 5) is 26.0. The van der Waals surface area contributed by atoms with Crippen LogP contribution in [0.3, 0.4) is 0 Å². The van der Waals surface area contributed by atoms with Crippen molar-refractivity contribution >= 4 is 11.9 Å². The molecule has 1 amide bonds. The van der Waals surface area contributed by atoms with Crippen molar-refractivity contribution in [2.75, 3.05) is 13.1 Å². The first-order valence-corrected chi connectivity index (χ1v) is 7.57. The van der Waals surface area contributed by atoms with Crippen LogP contribution in [-0.4, -0.2) is 57.6 Å². The fourth-order valence-electron chi connectivity index (χ4n) is 2.90. The lowest BCUT2D eigenvalue weighted by atomic mass is 10.2. The third kappa shape index (κ3) is 3.35. The Hall–Kier alpha value is -2.00. The van der Waals surface area contributed by atoms with Gasteiger partial charge in [0.05, 0.1) is 0 Å². The van der Waals surface area contributed by atoms with Crippen molar-refractivity contribution in [1.29, 1.82) is 0 Å². The fraction of sp³-hybridized carbons (Fsp3) is 0.467. The molecule has 2 aliphatic heterocycles. The second-order valence-electron chi connectivity index (χ2n) is 5.69. The molecule has 1 aromatic rings. The number of carbonyl (C=O) groups is 2. The zero-order valence-corrected chi connectivity index (χ0v) is 12.7. The molecule has 23 heavy (non-hydrogen) atoms. The van der Waals surface area contributed by atoms with Crippen LogP contribution in [0.15, 0.2) is 30.3 Å². The Morgan fingerprint density at radius 1 is 1.26 bits per heavy atom. The number of nitrogens with zero attached hydrogens (tertiary/aromatic N) is 3. The highest BCUT2D eigenvalue weighted by atomic mass is 16.6. The molecule has 3 N–H and O–H groups in total. The molecule has 2 atom stereocenters. The van der Waals surface area contributed by atoms with E-state index in [1.807, 2.05) is 30.3 Å². The molecule has 3 rings (SSSR count). The summed E-state index contributed by atoms with van der Waals surface area (Å²) >= 11 is 0. The lowest BCUT2D eigenvalue weighted by Gasteiger charge is -2.32. The summed E-state index contributed by atoms with van der Waals surface area (Å²) < 4.78 is 5.38. The predicted molar refractivity (Wildman–Crippen MR) is 79.7 cm³/mol. The van der Waals surface area contributed by atoms with Gasteiger partial charge in [0, 0.05) is 13.1 Å². The zero-order chi connectivity index (χ0) is 16.4. The zero-order valence-electron chi connectivity index (χ0n) is 12.7. The van der Waals surface area contributed by atoms with Crippen molar-refractivity contribution in [3.05, 3.63) is 35.9 Å². The summed E-state index contributed by atoms with van der Waals surface area (Å²) in [6.07, 6.45) is -0.650. The lowest BCUT2D eigenvalue weighted by molar-refractivity contribution is -0.173. The van der Waals surface area contributed by atoms with Gasteiger partial charge in [0.1, 0.15) is 6.54 Å². The van der Waals surface area contributed by atoms with Gasteiger partial charge in [0.2, 0.25) is 0 Å². The Labute approximate surface area is 133 Å². The summed E-state index contributed by atoms with van der Waals surface area (Å²) in [6, 6.07) is 9.32. The molecule has 2 unspecified atom stereocenters. The van der Waals surface area contributed by atoms with Gasteiger partial charge >= 0.3 is 5.97 Å². The van der Waals surface area contributed by atoms with Crippen LogP contribution in [0.2, 0.25) is 0 Å². The van der Waals surface area contributed by atoms with Crippen molar-refractivity contribution in [2.45, 2.75) is 31.8 Å². The van der Waals surface area contributed by atoms with Crippen LogP contribution in [-0.2, 0) is 20.9 Å². The number of ether oxygens (including phenoxy) is 1. The Bertz CT molecular complexity index is 582. The van der Waals surface area contributed by atoms with Crippen molar-refractivity contribution in [1.82, 2.24) is 15.0 Å². The summed E-state index contributed by atoms with van der Waals surface area (Å²) in [7, 11) is 0. The first-order chi connectivity index (χ1) is 11.1. The first-order valence-electron chi connectivity index (χ1n) is 7.57. The first kappa shape index (κ1) is 15.9. The quantitative estimate of drug-likeness (QED) is 0.426. The molecule has 8 nitrogen and oxygen atoms in total. The lowest BCUT2D eigenvalue weighted by Crippen LogP contribution is -2.57. The second kappa shape index (κ2) is 6.63. The van der Waals surface area contributed by atoms with E-state index in [4.69, 9.17) is 10.6 Å². The molecular weight excluding hydrogens is 300 g/mol. The molecule has 2 saturated heterocycles. The third-order valence-electron chi connectivity index (χ3n) is 4.09. The van der Waals surface area contributed by atoms with Crippen molar-refractivity contribution in [3.8, 4) is 0 Å². The summed E-state index contributed by atoms with van der Waals surface area (Å²) in [6.45, 7) is 0.584. The minimum absolute atomic E-state index is 0.159. The van der Waals surface area contributed by atoms with Gasteiger partial charge in [-0.2, -0.15) is 5.01 Å².